The maximum atomic E-state index is 12.8. The summed E-state index contributed by atoms with van der Waals surface area (Å²) in [6.45, 7) is 5.19. The van der Waals surface area contributed by atoms with Crippen molar-refractivity contribution in [2.24, 2.45) is 0 Å². The number of amides is 1. The van der Waals surface area contributed by atoms with Gasteiger partial charge in [-0.25, -0.2) is 13.9 Å². The molecular weight excluding hydrogens is 406 g/mol. The summed E-state index contributed by atoms with van der Waals surface area (Å²) in [7, 11) is 1.58. The van der Waals surface area contributed by atoms with Crippen molar-refractivity contribution in [1.29, 1.82) is 0 Å². The first kappa shape index (κ1) is 23.4. The Labute approximate surface area is 180 Å². The van der Waals surface area contributed by atoms with Gasteiger partial charge < -0.3 is 19.7 Å². The van der Waals surface area contributed by atoms with E-state index < -0.39 is 23.7 Å². The fraction of sp³-hybridized carbons (Fsp3) is 0.364. The van der Waals surface area contributed by atoms with E-state index >= 15 is 0 Å². The number of aliphatic carboxylic acids is 1. The second-order valence-corrected chi connectivity index (χ2v) is 8.59. The van der Waals surface area contributed by atoms with E-state index in [4.69, 9.17) is 9.47 Å². The lowest BCUT2D eigenvalue weighted by Gasteiger charge is -2.30. The van der Waals surface area contributed by atoms with Gasteiger partial charge in [0.25, 0.3) is 0 Å². The molecule has 0 aliphatic heterocycles. The molecule has 30 heavy (non-hydrogen) atoms. The number of methoxy groups -OCH3 is 1. The summed E-state index contributed by atoms with van der Waals surface area (Å²) in [6, 6.07) is 12.4. The average molecular weight is 434 g/mol. The molecule has 0 fully saturated rings. The number of phenolic OH excluding ortho intramolecular Hbond substituents is 1. The Morgan fingerprint density at radius 1 is 1.03 bits per heavy atom. The fourth-order valence-electron chi connectivity index (χ4n) is 2.57. The molecule has 0 heterocycles. The predicted molar refractivity (Wildman–Crippen MR) is 116 cm³/mol. The Bertz CT molecular complexity index is 845. The summed E-state index contributed by atoms with van der Waals surface area (Å²) in [5.74, 6) is 0.0333. The van der Waals surface area contributed by atoms with E-state index in [2.05, 4.69) is 0 Å². The van der Waals surface area contributed by atoms with E-state index in [-0.39, 0.29) is 12.2 Å². The van der Waals surface area contributed by atoms with Crippen LogP contribution in [-0.2, 0) is 21.7 Å². The summed E-state index contributed by atoms with van der Waals surface area (Å²) < 4.78 is 11.8. The number of phenols is 1. The number of rotatable bonds is 8. The van der Waals surface area contributed by atoms with Gasteiger partial charge in [-0.05, 0) is 68.1 Å². The first-order valence-corrected chi connectivity index (χ1v) is 10.3. The SMILES string of the molecule is COc1ccc(CSN(C(=O)OC(C)(C)C)[C@H](Cc2ccc(O)cc2)C(=O)O)cc1. The second-order valence-electron chi connectivity index (χ2n) is 7.65. The van der Waals surface area contributed by atoms with Crippen LogP contribution in [0.3, 0.4) is 0 Å². The summed E-state index contributed by atoms with van der Waals surface area (Å²) in [4.78, 5) is 24.9. The molecule has 7 nitrogen and oxygen atoms in total. The number of carboxylic acid groups (broad SMARTS) is 1. The molecule has 2 rings (SSSR count). The highest BCUT2D eigenvalue weighted by molar-refractivity contribution is 7.96. The van der Waals surface area contributed by atoms with E-state index in [1.165, 1.54) is 16.4 Å². The number of hydrogen-bond donors (Lipinski definition) is 2. The van der Waals surface area contributed by atoms with Gasteiger partial charge in [0.15, 0.2) is 0 Å². The Kier molecular flexibility index (Phi) is 8.00. The lowest BCUT2D eigenvalue weighted by atomic mass is 10.1. The van der Waals surface area contributed by atoms with E-state index in [9.17, 15) is 19.8 Å². The molecule has 0 radical (unpaired) electrons. The molecule has 0 bridgehead atoms. The van der Waals surface area contributed by atoms with E-state index in [0.717, 1.165) is 17.5 Å². The van der Waals surface area contributed by atoms with Gasteiger partial charge in [-0.3, -0.25) is 0 Å². The van der Waals surface area contributed by atoms with Crippen molar-refractivity contribution < 1.29 is 29.3 Å². The highest BCUT2D eigenvalue weighted by Crippen LogP contribution is 2.27. The zero-order chi connectivity index (χ0) is 22.3. The minimum Gasteiger partial charge on any atom is -0.508 e. The molecule has 0 aliphatic carbocycles. The summed E-state index contributed by atoms with van der Waals surface area (Å²) in [5.41, 5.74) is 0.819. The number of ether oxygens (including phenoxy) is 2. The van der Waals surface area contributed by atoms with Gasteiger partial charge in [0, 0.05) is 12.2 Å². The number of nitrogens with zero attached hydrogens (tertiary/aromatic N) is 1. The molecule has 2 aromatic carbocycles. The smallest absolute Gasteiger partial charge is 0.421 e. The van der Waals surface area contributed by atoms with Crippen LogP contribution in [0.4, 0.5) is 4.79 Å². The molecule has 2 aromatic rings. The number of aromatic hydroxyl groups is 1. The van der Waals surface area contributed by atoms with Crippen LogP contribution < -0.4 is 4.74 Å². The Morgan fingerprint density at radius 3 is 2.10 bits per heavy atom. The van der Waals surface area contributed by atoms with Crippen LogP contribution in [0.2, 0.25) is 0 Å². The normalized spacial score (nSPS) is 12.1. The first-order valence-electron chi connectivity index (χ1n) is 9.38. The zero-order valence-electron chi connectivity index (χ0n) is 17.5. The van der Waals surface area contributed by atoms with Gasteiger partial charge in [0.1, 0.15) is 23.1 Å². The van der Waals surface area contributed by atoms with Crippen molar-refractivity contribution in [1.82, 2.24) is 4.31 Å². The number of carbonyl (C=O) groups excluding carboxylic acids is 1. The van der Waals surface area contributed by atoms with Crippen LogP contribution in [0.25, 0.3) is 0 Å². The van der Waals surface area contributed by atoms with Crippen molar-refractivity contribution in [3.8, 4) is 11.5 Å². The van der Waals surface area contributed by atoms with Crippen molar-refractivity contribution in [3.05, 3.63) is 59.7 Å². The third-order valence-corrected chi connectivity index (χ3v) is 5.18. The second kappa shape index (κ2) is 10.2. The van der Waals surface area contributed by atoms with Crippen LogP contribution in [-0.4, -0.2) is 45.3 Å². The first-order chi connectivity index (χ1) is 14.1. The molecule has 0 aliphatic rings. The molecule has 0 spiro atoms. The standard InChI is InChI=1S/C22H27NO6S/c1-22(2,3)29-21(27)23(30-14-16-7-11-18(28-4)12-8-16)19(20(25)26)13-15-5-9-17(24)10-6-15/h5-12,19,24H,13-14H2,1-4H3,(H,25,26)/t19-/m1/s1. The van der Waals surface area contributed by atoms with Gasteiger partial charge in [0.05, 0.1) is 7.11 Å². The molecule has 1 amide bonds. The summed E-state index contributed by atoms with van der Waals surface area (Å²) in [6.07, 6.45) is -0.642. The molecule has 2 N–H and O–H groups in total. The van der Waals surface area contributed by atoms with Gasteiger partial charge >= 0.3 is 12.1 Å². The monoisotopic (exact) mass is 433 g/mol. The lowest BCUT2D eigenvalue weighted by Crippen LogP contribution is -2.44. The number of carboxylic acids is 1. The Morgan fingerprint density at radius 2 is 1.60 bits per heavy atom. The minimum absolute atomic E-state index is 0.0739. The molecule has 0 unspecified atom stereocenters. The number of benzene rings is 2. The van der Waals surface area contributed by atoms with E-state index in [1.807, 2.05) is 12.1 Å². The van der Waals surface area contributed by atoms with Crippen LogP contribution in [0.5, 0.6) is 11.5 Å². The van der Waals surface area contributed by atoms with Crippen LogP contribution in [0, 0.1) is 0 Å². The molecule has 0 saturated carbocycles. The van der Waals surface area contributed by atoms with Gasteiger partial charge in [-0.15, -0.1) is 0 Å². The Hall–Kier alpha value is -2.87. The largest absolute Gasteiger partial charge is 0.508 e. The zero-order valence-corrected chi connectivity index (χ0v) is 18.3. The number of carbonyl (C=O) groups is 2. The van der Waals surface area contributed by atoms with Crippen molar-refractivity contribution in [2.75, 3.05) is 7.11 Å². The van der Waals surface area contributed by atoms with Crippen molar-refractivity contribution >= 4 is 24.0 Å². The summed E-state index contributed by atoms with van der Waals surface area (Å²) in [5, 5.41) is 19.3. The quantitative estimate of drug-likeness (QED) is 0.593. The summed E-state index contributed by atoms with van der Waals surface area (Å²) >= 11 is 1.08. The maximum Gasteiger partial charge on any atom is 0.421 e. The predicted octanol–water partition coefficient (Wildman–Crippen LogP) is 4.48. The minimum atomic E-state index is -1.15. The molecular formula is C22H27NO6S. The van der Waals surface area contributed by atoms with Crippen molar-refractivity contribution in [2.45, 2.75) is 44.6 Å². The Balaban J connectivity index is 2.24. The molecule has 162 valence electrons. The topological polar surface area (TPSA) is 96.3 Å². The van der Waals surface area contributed by atoms with Gasteiger partial charge in [-0.2, -0.15) is 0 Å². The van der Waals surface area contributed by atoms with Crippen LogP contribution >= 0.6 is 11.9 Å². The number of hydrogen-bond acceptors (Lipinski definition) is 6. The lowest BCUT2D eigenvalue weighted by molar-refractivity contribution is -0.141. The third kappa shape index (κ3) is 7.18. The molecule has 8 heteroatoms. The third-order valence-electron chi connectivity index (χ3n) is 4.04. The van der Waals surface area contributed by atoms with Gasteiger partial charge in [0.2, 0.25) is 0 Å². The highest BCUT2D eigenvalue weighted by Gasteiger charge is 2.34. The molecule has 0 aromatic heterocycles. The van der Waals surface area contributed by atoms with Crippen LogP contribution in [0.1, 0.15) is 31.9 Å². The van der Waals surface area contributed by atoms with Crippen molar-refractivity contribution in [3.63, 3.8) is 0 Å². The van der Waals surface area contributed by atoms with E-state index in [1.54, 1.807) is 52.1 Å². The maximum absolute atomic E-state index is 12.8. The molecule has 1 atom stereocenters. The highest BCUT2D eigenvalue weighted by atomic mass is 32.2. The van der Waals surface area contributed by atoms with Crippen LogP contribution in [0.15, 0.2) is 48.5 Å². The average Bonchev–Trinajstić information content (AvgIpc) is 2.67. The van der Waals surface area contributed by atoms with E-state index in [0.29, 0.717) is 17.1 Å². The fourth-order valence-corrected chi connectivity index (χ4v) is 3.54. The molecule has 0 saturated heterocycles. The van der Waals surface area contributed by atoms with Gasteiger partial charge in [-0.1, -0.05) is 24.3 Å².